The average Bonchev–Trinajstić information content (AvgIpc) is 3.16. The molecule has 114 valence electrons. The van der Waals surface area contributed by atoms with E-state index in [1.54, 1.807) is 29.6 Å². The van der Waals surface area contributed by atoms with Crippen LogP contribution in [0.5, 0.6) is 0 Å². The molecular weight excluding hydrogens is 322 g/mol. The summed E-state index contributed by atoms with van der Waals surface area (Å²) in [6.45, 7) is 1.98. The normalized spacial score (nSPS) is 11.7. The van der Waals surface area contributed by atoms with Crippen molar-refractivity contribution in [2.24, 2.45) is 0 Å². The molecule has 9 heteroatoms. The van der Waals surface area contributed by atoms with Gasteiger partial charge in [-0.1, -0.05) is 30.2 Å². The summed E-state index contributed by atoms with van der Waals surface area (Å²) in [5, 5.41) is 13.4. The van der Waals surface area contributed by atoms with Crippen molar-refractivity contribution in [3.05, 3.63) is 46.4 Å². The van der Waals surface area contributed by atoms with Gasteiger partial charge in [0.25, 0.3) is 5.16 Å². The summed E-state index contributed by atoms with van der Waals surface area (Å²) in [7, 11) is -3.67. The van der Waals surface area contributed by atoms with Crippen LogP contribution >= 0.6 is 11.3 Å². The molecule has 0 N–H and O–H groups in total. The largest absolute Gasteiger partial charge is 0.272 e. The molecule has 2 heterocycles. The van der Waals surface area contributed by atoms with Gasteiger partial charge in [-0.25, -0.2) is 13.4 Å². The molecule has 7 nitrogen and oxygen atoms in total. The molecular formula is C13H13N5O2S2. The predicted molar refractivity (Wildman–Crippen MR) is 81.5 cm³/mol. The van der Waals surface area contributed by atoms with E-state index in [4.69, 9.17) is 0 Å². The number of tetrazole rings is 1. The molecule has 0 unspecified atom stereocenters. The third-order valence-electron chi connectivity index (χ3n) is 2.96. The number of rotatable bonds is 5. The van der Waals surface area contributed by atoms with Crippen LogP contribution < -0.4 is 0 Å². The minimum Gasteiger partial charge on any atom is -0.245 e. The highest BCUT2D eigenvalue weighted by molar-refractivity contribution is 7.90. The fourth-order valence-corrected chi connectivity index (χ4v) is 4.02. The van der Waals surface area contributed by atoms with Crippen LogP contribution in [0.2, 0.25) is 0 Å². The molecule has 0 radical (unpaired) electrons. The van der Waals surface area contributed by atoms with Gasteiger partial charge in [0, 0.05) is 5.38 Å². The van der Waals surface area contributed by atoms with Crippen molar-refractivity contribution < 1.29 is 8.42 Å². The summed E-state index contributed by atoms with van der Waals surface area (Å²) < 4.78 is 26.3. The molecule has 22 heavy (non-hydrogen) atoms. The Morgan fingerprint density at radius 3 is 2.68 bits per heavy atom. The summed E-state index contributed by atoms with van der Waals surface area (Å²) in [5.41, 5.74) is 1.11. The van der Waals surface area contributed by atoms with Gasteiger partial charge in [0.2, 0.25) is 9.84 Å². The van der Waals surface area contributed by atoms with Gasteiger partial charge >= 0.3 is 0 Å². The van der Waals surface area contributed by atoms with Gasteiger partial charge in [-0.15, -0.1) is 11.3 Å². The zero-order valence-corrected chi connectivity index (χ0v) is 13.4. The van der Waals surface area contributed by atoms with E-state index in [2.05, 4.69) is 20.5 Å². The molecule has 0 fully saturated rings. The SMILES string of the molecule is CCc1nc(CS(=O)(=O)c2nnnn2-c2ccccc2)cs1. The molecule has 0 bridgehead atoms. The topological polar surface area (TPSA) is 90.6 Å². The van der Waals surface area contributed by atoms with Crippen molar-refractivity contribution in [1.82, 2.24) is 25.2 Å². The van der Waals surface area contributed by atoms with Crippen LogP contribution in [0.3, 0.4) is 0 Å². The maximum absolute atomic E-state index is 12.6. The fourth-order valence-electron chi connectivity index (χ4n) is 1.94. The van der Waals surface area contributed by atoms with E-state index in [1.807, 2.05) is 13.0 Å². The highest BCUT2D eigenvalue weighted by Crippen LogP contribution is 2.18. The number of sulfone groups is 1. The molecule has 0 aliphatic rings. The van der Waals surface area contributed by atoms with Crippen LogP contribution in [-0.4, -0.2) is 33.6 Å². The second kappa shape index (κ2) is 5.93. The quantitative estimate of drug-likeness (QED) is 0.704. The van der Waals surface area contributed by atoms with Gasteiger partial charge < -0.3 is 0 Å². The first-order chi connectivity index (χ1) is 10.6. The average molecular weight is 335 g/mol. The summed E-state index contributed by atoms with van der Waals surface area (Å²) >= 11 is 1.45. The highest BCUT2D eigenvalue weighted by atomic mass is 32.2. The zero-order valence-electron chi connectivity index (χ0n) is 11.7. The molecule has 0 saturated carbocycles. The molecule has 0 saturated heterocycles. The molecule has 3 aromatic rings. The minimum atomic E-state index is -3.67. The number of nitrogens with zero attached hydrogens (tertiary/aromatic N) is 5. The summed E-state index contributed by atoms with van der Waals surface area (Å²) in [4.78, 5) is 4.29. The fraction of sp³-hybridized carbons (Fsp3) is 0.231. The maximum Gasteiger partial charge on any atom is 0.272 e. The number of hydrogen-bond acceptors (Lipinski definition) is 7. The summed E-state index contributed by atoms with van der Waals surface area (Å²) in [5.74, 6) is -0.212. The van der Waals surface area contributed by atoms with Crippen LogP contribution in [0, 0.1) is 0 Å². The lowest BCUT2D eigenvalue weighted by Gasteiger charge is -2.04. The van der Waals surface area contributed by atoms with Crippen molar-refractivity contribution in [2.45, 2.75) is 24.3 Å². The van der Waals surface area contributed by atoms with E-state index in [0.29, 0.717) is 11.4 Å². The number of para-hydroxylation sites is 1. The Morgan fingerprint density at radius 2 is 2.00 bits per heavy atom. The number of aryl methyl sites for hydroxylation is 1. The molecule has 0 atom stereocenters. The Bertz CT molecular complexity index is 871. The van der Waals surface area contributed by atoms with Gasteiger partial charge in [-0.05, 0) is 29.0 Å². The Balaban J connectivity index is 1.95. The first kappa shape index (κ1) is 14.8. The Hall–Kier alpha value is -2.13. The van der Waals surface area contributed by atoms with Gasteiger partial charge in [0.15, 0.2) is 0 Å². The van der Waals surface area contributed by atoms with Crippen LogP contribution in [0.25, 0.3) is 5.69 Å². The van der Waals surface area contributed by atoms with E-state index in [-0.39, 0.29) is 10.9 Å². The predicted octanol–water partition coefficient (Wildman–Crippen LogP) is 1.66. The maximum atomic E-state index is 12.6. The van der Waals surface area contributed by atoms with Gasteiger partial charge in [0.1, 0.15) is 5.75 Å². The number of hydrogen-bond donors (Lipinski definition) is 0. The monoisotopic (exact) mass is 335 g/mol. The standard InChI is InChI=1S/C13H13N5O2S2/c1-2-12-14-10(8-21-12)9-22(19,20)13-15-16-17-18(13)11-6-4-3-5-7-11/h3-8H,2,9H2,1H3. The molecule has 0 aliphatic carbocycles. The van der Waals surface area contributed by atoms with Crippen molar-refractivity contribution in [3.63, 3.8) is 0 Å². The van der Waals surface area contributed by atoms with Crippen molar-refractivity contribution in [2.75, 3.05) is 0 Å². The summed E-state index contributed by atoms with van der Waals surface area (Å²) in [6.07, 6.45) is 0.784. The molecule has 3 rings (SSSR count). The van der Waals surface area contributed by atoms with E-state index >= 15 is 0 Å². The lowest BCUT2D eigenvalue weighted by atomic mass is 10.3. The van der Waals surface area contributed by atoms with E-state index in [1.165, 1.54) is 16.0 Å². The number of benzene rings is 1. The lowest BCUT2D eigenvalue weighted by molar-refractivity contribution is 0.579. The Labute approximate surface area is 131 Å². The van der Waals surface area contributed by atoms with Crippen LogP contribution in [0.15, 0.2) is 40.9 Å². The second-order valence-electron chi connectivity index (χ2n) is 4.55. The number of aromatic nitrogens is 5. The van der Waals surface area contributed by atoms with Crippen LogP contribution in [0.4, 0.5) is 0 Å². The molecule has 2 aromatic heterocycles. The molecule has 0 spiro atoms. The highest BCUT2D eigenvalue weighted by Gasteiger charge is 2.25. The summed E-state index contributed by atoms with van der Waals surface area (Å²) in [6, 6.07) is 8.91. The Kier molecular flexibility index (Phi) is 3.99. The second-order valence-corrected chi connectivity index (χ2v) is 7.38. The van der Waals surface area contributed by atoms with Crippen molar-refractivity contribution >= 4 is 21.2 Å². The van der Waals surface area contributed by atoms with E-state index in [0.717, 1.165) is 11.4 Å². The van der Waals surface area contributed by atoms with Gasteiger partial charge in [0.05, 0.1) is 16.4 Å². The lowest BCUT2D eigenvalue weighted by Crippen LogP contribution is -2.13. The molecule has 1 aromatic carbocycles. The van der Waals surface area contributed by atoms with Gasteiger partial charge in [-0.3, -0.25) is 0 Å². The third-order valence-corrected chi connectivity index (χ3v) is 5.49. The third kappa shape index (κ3) is 2.90. The van der Waals surface area contributed by atoms with E-state index < -0.39 is 9.84 Å². The molecule has 0 aliphatic heterocycles. The van der Waals surface area contributed by atoms with Crippen LogP contribution in [0.1, 0.15) is 17.6 Å². The number of thiazole rings is 1. The van der Waals surface area contributed by atoms with Gasteiger partial charge in [-0.2, -0.15) is 4.68 Å². The smallest absolute Gasteiger partial charge is 0.245 e. The Morgan fingerprint density at radius 1 is 1.23 bits per heavy atom. The first-order valence-corrected chi connectivity index (χ1v) is 9.13. The zero-order chi connectivity index (χ0) is 15.6. The minimum absolute atomic E-state index is 0.176. The van der Waals surface area contributed by atoms with Crippen molar-refractivity contribution in [3.8, 4) is 5.69 Å². The van der Waals surface area contributed by atoms with Crippen LogP contribution in [-0.2, 0) is 22.0 Å². The van der Waals surface area contributed by atoms with Crippen molar-refractivity contribution in [1.29, 1.82) is 0 Å². The van der Waals surface area contributed by atoms with E-state index in [9.17, 15) is 8.42 Å². The molecule has 0 amide bonds. The first-order valence-electron chi connectivity index (χ1n) is 6.60.